The van der Waals surface area contributed by atoms with Gasteiger partial charge in [0.2, 0.25) is 11.8 Å². The van der Waals surface area contributed by atoms with Gasteiger partial charge < -0.3 is 29.8 Å². The van der Waals surface area contributed by atoms with Gasteiger partial charge in [0.05, 0.1) is 31.6 Å². The number of ether oxygens (including phenoxy) is 1. The lowest BCUT2D eigenvalue weighted by Crippen LogP contribution is -3.11. The van der Waals surface area contributed by atoms with E-state index in [1.54, 1.807) is 61.2 Å². The second kappa shape index (κ2) is 13.5. The molecule has 2 aliphatic heterocycles. The van der Waals surface area contributed by atoms with Crippen LogP contribution in [0.3, 0.4) is 0 Å². The number of fused-ring (bicyclic) bond motifs is 1. The number of β-lactam (4-membered cyclic amide) rings is 1. The van der Waals surface area contributed by atoms with E-state index in [1.165, 1.54) is 36.3 Å². The Morgan fingerprint density at radius 2 is 1.63 bits per heavy atom. The van der Waals surface area contributed by atoms with E-state index in [9.17, 15) is 24.3 Å². The molecule has 4 rings (SSSR count). The van der Waals surface area contributed by atoms with Gasteiger partial charge >= 0.3 is 5.97 Å². The van der Waals surface area contributed by atoms with Crippen molar-refractivity contribution in [2.45, 2.75) is 76.6 Å². The smallest absolute Gasteiger partial charge is 0.328 e. The van der Waals surface area contributed by atoms with Crippen LogP contribution in [0.1, 0.15) is 57.2 Å². The molecule has 2 fully saturated rings. The zero-order chi connectivity index (χ0) is 30.5. The monoisotopic (exact) mass is 583 g/mol. The third kappa shape index (κ3) is 7.11. The quantitative estimate of drug-likeness (QED) is 0.197. The lowest BCUT2D eigenvalue weighted by atomic mass is 9.94. The summed E-state index contributed by atoms with van der Waals surface area (Å²) in [5.74, 6) is -4.30. The number of thioether (sulfide) groups is 1. The minimum Gasteiger partial charge on any atom is -0.548 e. The van der Waals surface area contributed by atoms with E-state index < -0.39 is 51.9 Å². The number of nitrogens with zero attached hydrogens (tertiary/aromatic N) is 1. The molecule has 0 radical (unpaired) electrons. The summed E-state index contributed by atoms with van der Waals surface area (Å²) in [4.78, 5) is 53.7. The highest BCUT2D eigenvalue weighted by Crippen LogP contribution is 2.50. The van der Waals surface area contributed by atoms with Crippen LogP contribution in [0.25, 0.3) is 0 Å². The Morgan fingerprint density at radius 1 is 1.02 bits per heavy atom. The molecule has 0 bridgehead atoms. The van der Waals surface area contributed by atoms with Gasteiger partial charge in [0.15, 0.2) is 5.92 Å². The summed E-state index contributed by atoms with van der Waals surface area (Å²) in [6.07, 6.45) is 0. The molecule has 10 heteroatoms. The van der Waals surface area contributed by atoms with Gasteiger partial charge in [0.25, 0.3) is 0 Å². The number of aryl methyl sites for hydroxylation is 2. The minimum absolute atomic E-state index is 0.317. The van der Waals surface area contributed by atoms with Crippen LogP contribution in [0, 0.1) is 13.8 Å². The van der Waals surface area contributed by atoms with Gasteiger partial charge in [-0.3, -0.25) is 14.4 Å². The van der Waals surface area contributed by atoms with Crippen molar-refractivity contribution < 1.29 is 33.9 Å². The molecule has 2 aromatic rings. The second-order valence-corrected chi connectivity index (χ2v) is 12.7. The molecule has 2 saturated heterocycles. The number of hydrogen-bond acceptors (Lipinski definition) is 7. The maximum absolute atomic E-state index is 13.3. The first-order valence-corrected chi connectivity index (χ1v) is 14.9. The summed E-state index contributed by atoms with van der Waals surface area (Å²) in [6.45, 7) is 17.8. The molecule has 2 N–H and O–H groups in total. The molecular weight excluding hydrogens is 542 g/mol. The SMILES string of the molecule is CC[NH+](CC)CC.Cc1ccc(OC(=O)C(C(=O)NC2C(=O)N3C(C(=O)[O-])C(C)(C)S[C@H]23)c2ccccc2)cc1C. The summed E-state index contributed by atoms with van der Waals surface area (Å²) in [5, 5.41) is 13.7. The molecule has 0 spiro atoms. The van der Waals surface area contributed by atoms with E-state index >= 15 is 0 Å². The van der Waals surface area contributed by atoms with Crippen molar-refractivity contribution >= 4 is 35.5 Å². The highest BCUT2D eigenvalue weighted by Gasteiger charge is 2.62. The highest BCUT2D eigenvalue weighted by atomic mass is 32.2. The average Bonchev–Trinajstić information content (AvgIpc) is 3.19. The van der Waals surface area contributed by atoms with Gasteiger partial charge in [-0.25, -0.2) is 0 Å². The van der Waals surface area contributed by atoms with E-state index in [2.05, 4.69) is 26.1 Å². The number of carbonyl (C=O) groups is 4. The van der Waals surface area contributed by atoms with Crippen LogP contribution in [0.5, 0.6) is 5.75 Å². The largest absolute Gasteiger partial charge is 0.548 e. The third-order valence-corrected chi connectivity index (χ3v) is 9.36. The lowest BCUT2D eigenvalue weighted by Gasteiger charge is -2.45. The zero-order valence-corrected chi connectivity index (χ0v) is 25.7. The van der Waals surface area contributed by atoms with Gasteiger partial charge in [-0.2, -0.15) is 0 Å². The first-order valence-electron chi connectivity index (χ1n) is 14.0. The first-order chi connectivity index (χ1) is 19.4. The number of quaternary nitrogens is 1. The number of carboxylic acids is 1. The van der Waals surface area contributed by atoms with Gasteiger partial charge in [0.1, 0.15) is 17.2 Å². The topological polar surface area (TPSA) is 120 Å². The zero-order valence-electron chi connectivity index (χ0n) is 24.9. The summed E-state index contributed by atoms with van der Waals surface area (Å²) < 4.78 is 4.75. The molecule has 9 nitrogen and oxygen atoms in total. The molecule has 0 aliphatic carbocycles. The standard InChI is InChI=1S/C25H26N2O6S.C6H15N/c1-13-10-11-16(12-14(13)2)33-24(32)17(15-8-6-5-7-9-15)20(28)26-18-21(29)27-19(23(30)31)25(3,4)34-22(18)27;1-4-7(5-2)6-3/h5-12,17-19,22H,1-4H3,(H,26,28)(H,30,31);4-6H2,1-3H3/t17?,18?,19?,22-;/m1./s1. The van der Waals surface area contributed by atoms with Crippen LogP contribution >= 0.6 is 11.8 Å². The minimum atomic E-state index is -1.34. The Kier molecular flexibility index (Phi) is 10.6. The Morgan fingerprint density at radius 3 is 2.15 bits per heavy atom. The number of amides is 2. The van der Waals surface area contributed by atoms with E-state index in [1.807, 2.05) is 19.9 Å². The normalized spacial score (nSPS) is 21.2. The molecule has 2 aliphatic rings. The van der Waals surface area contributed by atoms with Crippen LogP contribution in [0.4, 0.5) is 0 Å². The summed E-state index contributed by atoms with van der Waals surface area (Å²) in [7, 11) is 0. The van der Waals surface area contributed by atoms with Crippen LogP contribution in [-0.2, 0) is 19.2 Å². The number of aliphatic carboxylic acids is 1. The van der Waals surface area contributed by atoms with E-state index in [-0.39, 0.29) is 0 Å². The van der Waals surface area contributed by atoms with Gasteiger partial charge in [-0.05, 0) is 77.3 Å². The molecular formula is C31H41N3O6S. The number of rotatable bonds is 9. The van der Waals surface area contributed by atoms with Crippen LogP contribution in [-0.4, -0.2) is 70.5 Å². The number of nitrogens with one attached hydrogen (secondary N) is 2. The predicted octanol–water partition coefficient (Wildman–Crippen LogP) is 1.22. The Balaban J connectivity index is 0.000000587. The average molecular weight is 584 g/mol. The number of benzene rings is 2. The molecule has 4 atom stereocenters. The van der Waals surface area contributed by atoms with Crippen LogP contribution < -0.4 is 20.1 Å². The van der Waals surface area contributed by atoms with E-state index in [0.29, 0.717) is 11.3 Å². The molecule has 222 valence electrons. The van der Waals surface area contributed by atoms with E-state index in [4.69, 9.17) is 4.74 Å². The fourth-order valence-corrected chi connectivity index (χ4v) is 6.73. The summed E-state index contributed by atoms with van der Waals surface area (Å²) in [6, 6.07) is 11.6. The second-order valence-electron chi connectivity index (χ2n) is 10.9. The number of hydrogen-bond donors (Lipinski definition) is 2. The molecule has 2 amide bonds. The van der Waals surface area contributed by atoms with Crippen molar-refractivity contribution in [2.75, 3.05) is 19.6 Å². The Labute approximate surface area is 246 Å². The van der Waals surface area contributed by atoms with Crippen molar-refractivity contribution in [3.05, 3.63) is 65.2 Å². The first kappa shape index (κ1) is 32.1. The van der Waals surface area contributed by atoms with Crippen molar-refractivity contribution in [1.29, 1.82) is 0 Å². The van der Waals surface area contributed by atoms with Crippen LogP contribution in [0.15, 0.2) is 48.5 Å². The number of carboxylic acid groups (broad SMARTS) is 1. The predicted molar refractivity (Wildman–Crippen MR) is 156 cm³/mol. The fourth-order valence-electron chi connectivity index (χ4n) is 5.11. The van der Waals surface area contributed by atoms with Crippen molar-refractivity contribution in [3.8, 4) is 5.75 Å². The van der Waals surface area contributed by atoms with Gasteiger partial charge in [-0.1, -0.05) is 36.4 Å². The molecule has 2 heterocycles. The molecule has 0 saturated carbocycles. The number of carbonyl (C=O) groups excluding carboxylic acids is 4. The maximum atomic E-state index is 13.3. The van der Waals surface area contributed by atoms with Crippen molar-refractivity contribution in [2.24, 2.45) is 0 Å². The number of esters is 1. The molecule has 3 unspecified atom stereocenters. The Hall–Kier alpha value is -3.37. The highest BCUT2D eigenvalue weighted by molar-refractivity contribution is 8.01. The fraction of sp³-hybridized carbons (Fsp3) is 0.484. The third-order valence-electron chi connectivity index (χ3n) is 7.79. The Bertz CT molecular complexity index is 1260. The van der Waals surface area contributed by atoms with Gasteiger partial charge in [-0.15, -0.1) is 11.8 Å². The molecule has 41 heavy (non-hydrogen) atoms. The van der Waals surface area contributed by atoms with Crippen molar-refractivity contribution in [1.82, 2.24) is 10.2 Å². The molecule has 2 aromatic carbocycles. The summed E-state index contributed by atoms with van der Waals surface area (Å²) in [5.41, 5.74) is 2.40. The summed E-state index contributed by atoms with van der Waals surface area (Å²) >= 11 is 1.28. The maximum Gasteiger partial charge on any atom is 0.328 e. The van der Waals surface area contributed by atoms with Crippen molar-refractivity contribution in [3.63, 3.8) is 0 Å². The van der Waals surface area contributed by atoms with Gasteiger partial charge in [0, 0.05) is 4.75 Å². The van der Waals surface area contributed by atoms with E-state index in [0.717, 1.165) is 11.1 Å². The lowest BCUT2D eigenvalue weighted by molar-refractivity contribution is -0.894. The molecule has 0 aromatic heterocycles. The van der Waals surface area contributed by atoms with Crippen LogP contribution in [0.2, 0.25) is 0 Å².